The van der Waals surface area contributed by atoms with Crippen molar-refractivity contribution >= 4 is 11.7 Å². The molecule has 0 saturated heterocycles. The number of anilines is 1. The van der Waals surface area contributed by atoms with Crippen LogP contribution in [0.4, 0.5) is 5.69 Å². The summed E-state index contributed by atoms with van der Waals surface area (Å²) in [6.07, 6.45) is 3.35. The minimum atomic E-state index is -0.967. The molecule has 1 N–H and O–H groups in total. The molecule has 4 heteroatoms. The second-order valence-corrected chi connectivity index (χ2v) is 4.58. The number of pyridine rings is 1. The van der Waals surface area contributed by atoms with E-state index in [4.69, 9.17) is 4.74 Å². The first-order chi connectivity index (χ1) is 9.66. The van der Waals surface area contributed by atoms with Gasteiger partial charge in [-0.15, -0.1) is 0 Å². The summed E-state index contributed by atoms with van der Waals surface area (Å²) < 4.78 is 5.20. The van der Waals surface area contributed by atoms with Crippen LogP contribution in [0, 0.1) is 0 Å². The van der Waals surface area contributed by atoms with Crippen molar-refractivity contribution in [3.8, 4) is 0 Å². The zero-order valence-corrected chi connectivity index (χ0v) is 11.7. The summed E-state index contributed by atoms with van der Waals surface area (Å²) in [7, 11) is 0. The first kappa shape index (κ1) is 14.1. The summed E-state index contributed by atoms with van der Waals surface area (Å²) in [6.45, 7) is 3.93. The van der Waals surface area contributed by atoms with Crippen LogP contribution in [0.25, 0.3) is 0 Å². The molecule has 2 aromatic rings. The Labute approximate surface area is 118 Å². The van der Waals surface area contributed by atoms with Gasteiger partial charge >= 0.3 is 5.97 Å². The lowest BCUT2D eigenvalue weighted by atomic mass is 9.93. The Morgan fingerprint density at radius 2 is 2.00 bits per heavy atom. The topological polar surface area (TPSA) is 51.2 Å². The van der Waals surface area contributed by atoms with Crippen molar-refractivity contribution in [2.24, 2.45) is 0 Å². The highest BCUT2D eigenvalue weighted by molar-refractivity contribution is 5.85. The highest BCUT2D eigenvalue weighted by Gasteiger charge is 2.37. The Hall–Kier alpha value is -2.36. The maximum atomic E-state index is 12.4. The van der Waals surface area contributed by atoms with Gasteiger partial charge in [-0.2, -0.15) is 0 Å². The number of carbonyl (C=O) groups is 1. The average Bonchev–Trinajstić information content (AvgIpc) is 2.49. The van der Waals surface area contributed by atoms with Crippen molar-refractivity contribution < 1.29 is 9.53 Å². The van der Waals surface area contributed by atoms with Gasteiger partial charge in [0.1, 0.15) is 0 Å². The Kier molecular flexibility index (Phi) is 4.35. The van der Waals surface area contributed by atoms with Gasteiger partial charge in [0.15, 0.2) is 5.54 Å². The lowest BCUT2D eigenvalue weighted by Gasteiger charge is -2.29. The molecule has 0 saturated carbocycles. The molecule has 0 aliphatic carbocycles. The number of rotatable bonds is 5. The third-order valence-electron chi connectivity index (χ3n) is 3.09. The number of nitrogens with one attached hydrogen (secondary N) is 1. The van der Waals surface area contributed by atoms with Crippen LogP contribution < -0.4 is 5.32 Å². The fourth-order valence-electron chi connectivity index (χ4n) is 1.99. The van der Waals surface area contributed by atoms with E-state index in [0.717, 1.165) is 11.3 Å². The molecule has 0 aliphatic rings. The fraction of sp³-hybridized carbons (Fsp3) is 0.250. The van der Waals surface area contributed by atoms with Crippen molar-refractivity contribution in [1.82, 2.24) is 4.98 Å². The molecular formula is C16H18N2O2. The maximum absolute atomic E-state index is 12.4. The highest BCUT2D eigenvalue weighted by Crippen LogP contribution is 2.27. The maximum Gasteiger partial charge on any atom is 0.336 e. The summed E-state index contributed by atoms with van der Waals surface area (Å²) in [5.41, 5.74) is 0.653. The number of hydrogen-bond acceptors (Lipinski definition) is 4. The number of aromatic nitrogens is 1. The minimum Gasteiger partial charge on any atom is -0.464 e. The number of hydrogen-bond donors (Lipinski definition) is 1. The Balaban J connectivity index is 2.36. The number of esters is 1. The van der Waals surface area contributed by atoms with Crippen LogP contribution in [0.15, 0.2) is 54.9 Å². The summed E-state index contributed by atoms with van der Waals surface area (Å²) in [6, 6.07) is 13.2. The quantitative estimate of drug-likeness (QED) is 0.849. The van der Waals surface area contributed by atoms with E-state index in [0.29, 0.717) is 6.61 Å². The molecule has 104 valence electrons. The third kappa shape index (κ3) is 2.96. The van der Waals surface area contributed by atoms with Gasteiger partial charge in [-0.05, 0) is 32.0 Å². The van der Waals surface area contributed by atoms with Crippen molar-refractivity contribution in [3.05, 3.63) is 60.4 Å². The molecule has 1 unspecified atom stereocenters. The fourth-order valence-corrected chi connectivity index (χ4v) is 1.99. The second kappa shape index (κ2) is 6.19. The Morgan fingerprint density at radius 1 is 1.25 bits per heavy atom. The highest BCUT2D eigenvalue weighted by atomic mass is 16.5. The van der Waals surface area contributed by atoms with Crippen LogP contribution in [-0.4, -0.2) is 17.6 Å². The van der Waals surface area contributed by atoms with Crippen molar-refractivity contribution in [3.63, 3.8) is 0 Å². The van der Waals surface area contributed by atoms with Gasteiger partial charge < -0.3 is 10.1 Å². The number of benzene rings is 1. The third-order valence-corrected chi connectivity index (χ3v) is 3.09. The summed E-state index contributed by atoms with van der Waals surface area (Å²) in [5, 5.41) is 3.24. The van der Waals surface area contributed by atoms with Crippen LogP contribution in [0.2, 0.25) is 0 Å². The SMILES string of the molecule is CCOC(=O)C(C)(Nc1ccccc1)c1cccnc1. The summed E-state index contributed by atoms with van der Waals surface area (Å²) in [5.74, 6) is -0.322. The molecule has 1 heterocycles. The molecule has 0 radical (unpaired) electrons. The van der Waals surface area contributed by atoms with Crippen molar-refractivity contribution in [1.29, 1.82) is 0 Å². The van der Waals surface area contributed by atoms with Crippen LogP contribution >= 0.6 is 0 Å². The van der Waals surface area contributed by atoms with E-state index in [-0.39, 0.29) is 5.97 Å². The second-order valence-electron chi connectivity index (χ2n) is 4.58. The van der Waals surface area contributed by atoms with E-state index >= 15 is 0 Å². The Bertz CT molecular complexity index is 557. The molecular weight excluding hydrogens is 252 g/mol. The largest absolute Gasteiger partial charge is 0.464 e. The van der Waals surface area contributed by atoms with Crippen LogP contribution in [0.3, 0.4) is 0 Å². The van der Waals surface area contributed by atoms with Gasteiger partial charge in [0, 0.05) is 23.6 Å². The molecule has 1 atom stereocenters. The summed E-state index contributed by atoms with van der Waals surface area (Å²) >= 11 is 0. The summed E-state index contributed by atoms with van der Waals surface area (Å²) in [4.78, 5) is 16.4. The lowest BCUT2D eigenvalue weighted by molar-refractivity contribution is -0.148. The van der Waals surface area contributed by atoms with Crippen LogP contribution in [0.1, 0.15) is 19.4 Å². The van der Waals surface area contributed by atoms with Gasteiger partial charge in [-0.1, -0.05) is 24.3 Å². The molecule has 1 aromatic carbocycles. The van der Waals surface area contributed by atoms with Crippen LogP contribution in [-0.2, 0) is 15.1 Å². The van der Waals surface area contributed by atoms with Crippen LogP contribution in [0.5, 0.6) is 0 Å². The van der Waals surface area contributed by atoms with Crippen molar-refractivity contribution in [2.45, 2.75) is 19.4 Å². The lowest BCUT2D eigenvalue weighted by Crippen LogP contribution is -2.42. The van der Waals surface area contributed by atoms with Gasteiger partial charge in [0.2, 0.25) is 0 Å². The molecule has 0 amide bonds. The first-order valence-corrected chi connectivity index (χ1v) is 6.58. The van der Waals surface area contributed by atoms with Gasteiger partial charge in [-0.25, -0.2) is 4.79 Å². The van der Waals surface area contributed by atoms with Crippen molar-refractivity contribution in [2.75, 3.05) is 11.9 Å². The first-order valence-electron chi connectivity index (χ1n) is 6.58. The molecule has 1 aromatic heterocycles. The molecule has 2 rings (SSSR count). The van der Waals surface area contributed by atoms with E-state index in [9.17, 15) is 4.79 Å². The molecule has 0 fully saturated rings. The normalized spacial score (nSPS) is 13.3. The van der Waals surface area contributed by atoms with Gasteiger partial charge in [0.05, 0.1) is 6.61 Å². The zero-order valence-electron chi connectivity index (χ0n) is 11.7. The Morgan fingerprint density at radius 3 is 2.60 bits per heavy atom. The molecule has 0 bridgehead atoms. The predicted molar refractivity (Wildman–Crippen MR) is 78.3 cm³/mol. The van der Waals surface area contributed by atoms with E-state index in [1.54, 1.807) is 32.3 Å². The number of ether oxygens (including phenoxy) is 1. The molecule has 4 nitrogen and oxygen atoms in total. The standard InChI is InChI=1S/C16H18N2O2/c1-3-20-15(19)16(2,13-8-7-11-17-12-13)18-14-9-5-4-6-10-14/h4-12,18H,3H2,1-2H3. The van der Waals surface area contributed by atoms with E-state index in [1.807, 2.05) is 36.4 Å². The van der Waals surface area contributed by atoms with Gasteiger partial charge in [0.25, 0.3) is 0 Å². The zero-order chi connectivity index (χ0) is 14.4. The van der Waals surface area contributed by atoms with E-state index in [2.05, 4.69) is 10.3 Å². The average molecular weight is 270 g/mol. The minimum absolute atomic E-state index is 0.322. The number of nitrogens with zero attached hydrogens (tertiary/aromatic N) is 1. The molecule has 0 spiro atoms. The predicted octanol–water partition coefficient (Wildman–Crippen LogP) is 2.97. The molecule has 0 aliphatic heterocycles. The number of para-hydroxylation sites is 1. The smallest absolute Gasteiger partial charge is 0.336 e. The number of carbonyl (C=O) groups excluding carboxylic acids is 1. The van der Waals surface area contributed by atoms with E-state index < -0.39 is 5.54 Å². The van der Waals surface area contributed by atoms with E-state index in [1.165, 1.54) is 0 Å². The monoisotopic (exact) mass is 270 g/mol. The molecule has 20 heavy (non-hydrogen) atoms. The van der Waals surface area contributed by atoms with Gasteiger partial charge in [-0.3, -0.25) is 4.98 Å².